The Hall–Kier alpha value is 0.180. The first-order valence-electron chi connectivity index (χ1n) is 4.24. The van der Waals surface area contributed by atoms with Gasteiger partial charge in [-0.3, -0.25) is 4.90 Å². The number of halogens is 1. The summed E-state index contributed by atoms with van der Waals surface area (Å²) in [7, 11) is 0. The fourth-order valence-electron chi connectivity index (χ4n) is 1.59. The highest BCUT2D eigenvalue weighted by Gasteiger charge is 2.24. The summed E-state index contributed by atoms with van der Waals surface area (Å²) < 4.78 is 0. The molecule has 64 valence electrons. The molecular formula is C9H16BrN. The third-order valence-corrected chi connectivity index (χ3v) is 3.61. The van der Waals surface area contributed by atoms with Crippen LogP contribution in [0.25, 0.3) is 0 Å². The largest absolute Gasteiger partial charge is 0.296 e. The van der Waals surface area contributed by atoms with Crippen molar-refractivity contribution in [3.8, 4) is 0 Å². The third-order valence-electron chi connectivity index (χ3n) is 2.39. The summed E-state index contributed by atoms with van der Waals surface area (Å²) in [5.74, 6) is 0. The van der Waals surface area contributed by atoms with Crippen molar-refractivity contribution in [2.24, 2.45) is 0 Å². The molecule has 0 aliphatic carbocycles. The van der Waals surface area contributed by atoms with Crippen molar-refractivity contribution in [3.63, 3.8) is 0 Å². The molecule has 2 unspecified atom stereocenters. The maximum absolute atomic E-state index is 3.76. The molecule has 0 aromatic carbocycles. The van der Waals surface area contributed by atoms with Crippen LogP contribution >= 0.6 is 15.9 Å². The molecule has 0 aromatic heterocycles. The van der Waals surface area contributed by atoms with Crippen molar-refractivity contribution in [3.05, 3.63) is 12.7 Å². The normalized spacial score (nSPS) is 33.6. The monoisotopic (exact) mass is 217 g/mol. The second-order valence-corrected chi connectivity index (χ2v) is 4.36. The first-order chi connectivity index (χ1) is 5.25. The Balaban J connectivity index is 2.43. The fraction of sp³-hybridized carbons (Fsp3) is 0.778. The number of rotatable bonds is 2. The Bertz CT molecular complexity index is 136. The van der Waals surface area contributed by atoms with E-state index in [0.717, 1.165) is 6.54 Å². The molecule has 1 fully saturated rings. The molecule has 2 atom stereocenters. The van der Waals surface area contributed by atoms with Gasteiger partial charge in [0, 0.05) is 17.4 Å². The van der Waals surface area contributed by atoms with Crippen LogP contribution in [0.15, 0.2) is 12.7 Å². The van der Waals surface area contributed by atoms with Gasteiger partial charge in [-0.2, -0.15) is 0 Å². The minimum absolute atomic E-state index is 0.668. The molecule has 11 heavy (non-hydrogen) atoms. The van der Waals surface area contributed by atoms with Gasteiger partial charge in [-0.05, 0) is 26.3 Å². The molecule has 0 amide bonds. The van der Waals surface area contributed by atoms with Crippen molar-refractivity contribution in [1.29, 1.82) is 0 Å². The van der Waals surface area contributed by atoms with Gasteiger partial charge in [-0.1, -0.05) is 22.0 Å². The molecule has 0 saturated carbocycles. The minimum atomic E-state index is 0.668. The predicted molar refractivity (Wildman–Crippen MR) is 53.2 cm³/mol. The van der Waals surface area contributed by atoms with Crippen LogP contribution in [-0.4, -0.2) is 28.9 Å². The Kier molecular flexibility index (Phi) is 3.60. The van der Waals surface area contributed by atoms with Crippen LogP contribution in [0.5, 0.6) is 0 Å². The molecule has 1 nitrogen and oxygen atoms in total. The van der Waals surface area contributed by atoms with E-state index in [-0.39, 0.29) is 0 Å². The van der Waals surface area contributed by atoms with Crippen LogP contribution in [0.2, 0.25) is 0 Å². The predicted octanol–water partition coefficient (Wildman–Crippen LogP) is 2.42. The summed E-state index contributed by atoms with van der Waals surface area (Å²) in [6.07, 6.45) is 4.62. The number of likely N-dealkylation sites (tertiary alicyclic amines) is 1. The van der Waals surface area contributed by atoms with Gasteiger partial charge in [0.1, 0.15) is 0 Å². The first-order valence-corrected chi connectivity index (χ1v) is 5.16. The number of hydrogen-bond donors (Lipinski definition) is 0. The Morgan fingerprint density at radius 3 is 3.09 bits per heavy atom. The van der Waals surface area contributed by atoms with Gasteiger partial charge < -0.3 is 0 Å². The molecule has 0 aromatic rings. The van der Waals surface area contributed by atoms with E-state index < -0.39 is 0 Å². The van der Waals surface area contributed by atoms with Crippen LogP contribution in [0.3, 0.4) is 0 Å². The van der Waals surface area contributed by atoms with E-state index in [9.17, 15) is 0 Å². The van der Waals surface area contributed by atoms with Crippen LogP contribution in [-0.2, 0) is 0 Å². The van der Waals surface area contributed by atoms with Crippen molar-refractivity contribution in [2.45, 2.75) is 30.6 Å². The lowest BCUT2D eigenvalue weighted by molar-refractivity contribution is 0.187. The quantitative estimate of drug-likeness (QED) is 0.508. The van der Waals surface area contributed by atoms with E-state index in [1.807, 2.05) is 6.08 Å². The second kappa shape index (κ2) is 4.27. The number of alkyl halides is 1. The van der Waals surface area contributed by atoms with E-state index in [1.54, 1.807) is 0 Å². The molecule has 1 aliphatic rings. The molecule has 2 heteroatoms. The standard InChI is InChI=1S/C9H16BrN/c1-3-6-11-7-4-5-9(10)8(11)2/h3,8-9H,1,4-7H2,2H3. The zero-order valence-electron chi connectivity index (χ0n) is 7.09. The highest BCUT2D eigenvalue weighted by atomic mass is 79.9. The average Bonchev–Trinajstić information content (AvgIpc) is 1.99. The minimum Gasteiger partial charge on any atom is -0.296 e. The van der Waals surface area contributed by atoms with Gasteiger partial charge in [0.2, 0.25) is 0 Å². The summed E-state index contributed by atoms with van der Waals surface area (Å²) in [4.78, 5) is 3.15. The van der Waals surface area contributed by atoms with E-state index in [0.29, 0.717) is 10.9 Å². The summed E-state index contributed by atoms with van der Waals surface area (Å²) in [6, 6.07) is 0.668. The molecule has 0 radical (unpaired) electrons. The molecule has 0 spiro atoms. The fourth-order valence-corrected chi connectivity index (χ4v) is 2.24. The zero-order chi connectivity index (χ0) is 8.27. The number of hydrogen-bond acceptors (Lipinski definition) is 1. The molecule has 1 rings (SSSR count). The molecular weight excluding hydrogens is 202 g/mol. The average molecular weight is 218 g/mol. The van der Waals surface area contributed by atoms with Crippen LogP contribution in [0, 0.1) is 0 Å². The van der Waals surface area contributed by atoms with Crippen molar-refractivity contribution >= 4 is 15.9 Å². The van der Waals surface area contributed by atoms with Gasteiger partial charge in [0.15, 0.2) is 0 Å². The van der Waals surface area contributed by atoms with Gasteiger partial charge in [-0.15, -0.1) is 6.58 Å². The van der Waals surface area contributed by atoms with Gasteiger partial charge in [0.05, 0.1) is 0 Å². The van der Waals surface area contributed by atoms with Gasteiger partial charge in [-0.25, -0.2) is 0 Å². The van der Waals surface area contributed by atoms with E-state index in [4.69, 9.17) is 0 Å². The number of piperidine rings is 1. The molecule has 1 aliphatic heterocycles. The van der Waals surface area contributed by atoms with E-state index in [1.165, 1.54) is 19.4 Å². The zero-order valence-corrected chi connectivity index (χ0v) is 8.68. The van der Waals surface area contributed by atoms with E-state index in [2.05, 4.69) is 34.3 Å². The summed E-state index contributed by atoms with van der Waals surface area (Å²) >= 11 is 3.69. The van der Waals surface area contributed by atoms with Crippen molar-refractivity contribution in [2.75, 3.05) is 13.1 Å². The lowest BCUT2D eigenvalue weighted by Gasteiger charge is -2.36. The summed E-state index contributed by atoms with van der Waals surface area (Å²) in [5, 5.41) is 0. The second-order valence-electron chi connectivity index (χ2n) is 3.18. The Morgan fingerprint density at radius 2 is 2.45 bits per heavy atom. The molecule has 1 saturated heterocycles. The molecule has 1 heterocycles. The smallest absolute Gasteiger partial charge is 0.0299 e. The van der Waals surface area contributed by atoms with Crippen LogP contribution in [0.1, 0.15) is 19.8 Å². The van der Waals surface area contributed by atoms with Gasteiger partial charge >= 0.3 is 0 Å². The lowest BCUT2D eigenvalue weighted by Crippen LogP contribution is -2.43. The SMILES string of the molecule is C=CCN1CCCC(Br)C1C. The van der Waals surface area contributed by atoms with Crippen molar-refractivity contribution < 1.29 is 0 Å². The van der Waals surface area contributed by atoms with Crippen molar-refractivity contribution in [1.82, 2.24) is 4.90 Å². The van der Waals surface area contributed by atoms with Crippen LogP contribution < -0.4 is 0 Å². The highest BCUT2D eigenvalue weighted by molar-refractivity contribution is 9.09. The first kappa shape index (κ1) is 9.27. The Morgan fingerprint density at radius 1 is 1.73 bits per heavy atom. The van der Waals surface area contributed by atoms with Crippen LogP contribution in [0.4, 0.5) is 0 Å². The maximum atomic E-state index is 3.76. The molecule has 0 N–H and O–H groups in total. The molecule has 0 bridgehead atoms. The lowest BCUT2D eigenvalue weighted by atomic mass is 10.0. The maximum Gasteiger partial charge on any atom is 0.0299 e. The summed E-state index contributed by atoms with van der Waals surface area (Å²) in [6.45, 7) is 8.30. The van der Waals surface area contributed by atoms with E-state index >= 15 is 0 Å². The third kappa shape index (κ3) is 2.31. The summed E-state index contributed by atoms with van der Waals surface area (Å²) in [5.41, 5.74) is 0. The number of nitrogens with zero attached hydrogens (tertiary/aromatic N) is 1. The topological polar surface area (TPSA) is 3.24 Å². The Labute approximate surface area is 77.6 Å². The van der Waals surface area contributed by atoms with Gasteiger partial charge in [0.25, 0.3) is 0 Å². The highest BCUT2D eigenvalue weighted by Crippen LogP contribution is 2.22.